The van der Waals surface area contributed by atoms with Crippen LogP contribution in [0.4, 0.5) is 5.69 Å². The van der Waals surface area contributed by atoms with Gasteiger partial charge in [-0.15, -0.1) is 0 Å². The number of benzene rings is 2. The molecule has 4 rings (SSSR count). The van der Waals surface area contributed by atoms with Crippen molar-refractivity contribution >= 4 is 38.9 Å². The molecule has 2 aromatic carbocycles. The van der Waals surface area contributed by atoms with Gasteiger partial charge in [-0.05, 0) is 55.3 Å². The highest BCUT2D eigenvalue weighted by Crippen LogP contribution is 2.32. The van der Waals surface area contributed by atoms with Gasteiger partial charge in [-0.25, -0.2) is 18.1 Å². The Labute approximate surface area is 216 Å². The van der Waals surface area contributed by atoms with Crippen molar-refractivity contribution < 1.29 is 17.9 Å². The number of aromatic nitrogens is 1. The predicted octanol–water partition coefficient (Wildman–Crippen LogP) is 5.62. The van der Waals surface area contributed by atoms with Gasteiger partial charge in [0.05, 0.1) is 28.2 Å². The SMILES string of the molecule is CCc1c(C(C)NS(=O)(=O)c2ccc(Cl)c(Cl)c2)ccnc1Oc1cccc(N2CCOCC2)c1. The molecule has 10 heteroatoms. The summed E-state index contributed by atoms with van der Waals surface area (Å²) < 4.78 is 40.3. The molecule has 1 aliphatic rings. The lowest BCUT2D eigenvalue weighted by molar-refractivity contribution is 0.122. The number of hydrogen-bond acceptors (Lipinski definition) is 6. The molecule has 1 unspecified atom stereocenters. The maximum Gasteiger partial charge on any atom is 0.241 e. The van der Waals surface area contributed by atoms with Crippen LogP contribution in [0, 0.1) is 0 Å². The van der Waals surface area contributed by atoms with Crippen molar-refractivity contribution in [3.8, 4) is 11.6 Å². The molecule has 186 valence electrons. The Morgan fingerprint density at radius 1 is 1.11 bits per heavy atom. The molecule has 0 spiro atoms. The molecule has 0 bridgehead atoms. The molecule has 1 aromatic heterocycles. The molecule has 1 aliphatic heterocycles. The van der Waals surface area contributed by atoms with E-state index >= 15 is 0 Å². The number of hydrogen-bond donors (Lipinski definition) is 1. The minimum absolute atomic E-state index is 0.0438. The maximum atomic E-state index is 13.0. The van der Waals surface area contributed by atoms with Crippen LogP contribution in [0.25, 0.3) is 0 Å². The second-order valence-corrected chi connectivity index (χ2v) is 10.7. The number of nitrogens with zero attached hydrogens (tertiary/aromatic N) is 2. The number of ether oxygens (including phenoxy) is 2. The van der Waals surface area contributed by atoms with Gasteiger partial charge in [-0.1, -0.05) is 36.2 Å². The molecule has 1 N–H and O–H groups in total. The van der Waals surface area contributed by atoms with Crippen molar-refractivity contribution in [1.29, 1.82) is 0 Å². The van der Waals surface area contributed by atoms with E-state index in [9.17, 15) is 8.42 Å². The molecule has 7 nitrogen and oxygen atoms in total. The van der Waals surface area contributed by atoms with Crippen LogP contribution in [-0.2, 0) is 21.2 Å². The normalized spacial score (nSPS) is 15.1. The summed E-state index contributed by atoms with van der Waals surface area (Å²) in [5, 5.41) is 0.468. The summed E-state index contributed by atoms with van der Waals surface area (Å²) in [5.74, 6) is 1.11. The van der Waals surface area contributed by atoms with Gasteiger partial charge in [0.1, 0.15) is 5.75 Å². The first-order valence-corrected chi connectivity index (χ1v) is 13.6. The van der Waals surface area contributed by atoms with E-state index in [0.29, 0.717) is 36.3 Å². The van der Waals surface area contributed by atoms with Gasteiger partial charge in [0, 0.05) is 42.6 Å². The molecule has 0 amide bonds. The zero-order valence-corrected chi connectivity index (χ0v) is 21.8. The highest BCUT2D eigenvalue weighted by molar-refractivity contribution is 7.89. The van der Waals surface area contributed by atoms with Crippen LogP contribution >= 0.6 is 23.2 Å². The lowest BCUT2D eigenvalue weighted by Crippen LogP contribution is -2.36. The fourth-order valence-electron chi connectivity index (χ4n) is 4.02. The molecule has 0 radical (unpaired) electrons. The van der Waals surface area contributed by atoms with Crippen molar-refractivity contribution in [3.63, 3.8) is 0 Å². The van der Waals surface area contributed by atoms with Gasteiger partial charge >= 0.3 is 0 Å². The van der Waals surface area contributed by atoms with Crippen LogP contribution in [0.2, 0.25) is 10.0 Å². The first-order valence-electron chi connectivity index (χ1n) is 11.3. The van der Waals surface area contributed by atoms with E-state index in [1.807, 2.05) is 31.2 Å². The monoisotopic (exact) mass is 535 g/mol. The molecule has 3 aromatic rings. The van der Waals surface area contributed by atoms with Crippen LogP contribution in [-0.4, -0.2) is 39.7 Å². The van der Waals surface area contributed by atoms with Crippen molar-refractivity contribution in [1.82, 2.24) is 9.71 Å². The van der Waals surface area contributed by atoms with Crippen molar-refractivity contribution in [2.24, 2.45) is 0 Å². The van der Waals surface area contributed by atoms with Crippen LogP contribution in [0.3, 0.4) is 0 Å². The van der Waals surface area contributed by atoms with Gasteiger partial charge in [0.25, 0.3) is 0 Å². The number of nitrogens with one attached hydrogen (secondary N) is 1. The van der Waals surface area contributed by atoms with Crippen LogP contribution < -0.4 is 14.4 Å². The lowest BCUT2D eigenvalue weighted by Gasteiger charge is -2.29. The Kier molecular flexibility index (Phi) is 8.19. The second-order valence-electron chi connectivity index (χ2n) is 8.16. The number of rotatable bonds is 8. The average Bonchev–Trinajstić information content (AvgIpc) is 2.86. The fourth-order valence-corrected chi connectivity index (χ4v) is 5.63. The highest BCUT2D eigenvalue weighted by Gasteiger charge is 2.23. The number of halogens is 2. The van der Waals surface area contributed by atoms with E-state index in [2.05, 4.69) is 14.6 Å². The minimum atomic E-state index is -3.83. The summed E-state index contributed by atoms with van der Waals surface area (Å²) >= 11 is 12.0. The van der Waals surface area contributed by atoms with Gasteiger partial charge < -0.3 is 14.4 Å². The Hall–Kier alpha value is -2.36. The van der Waals surface area contributed by atoms with Crippen LogP contribution in [0.5, 0.6) is 11.6 Å². The van der Waals surface area contributed by atoms with Gasteiger partial charge in [-0.3, -0.25) is 0 Å². The average molecular weight is 536 g/mol. The van der Waals surface area contributed by atoms with E-state index in [0.717, 1.165) is 29.9 Å². The summed E-state index contributed by atoms with van der Waals surface area (Å²) in [6, 6.07) is 13.3. The second kappa shape index (κ2) is 11.1. The van der Waals surface area contributed by atoms with Crippen LogP contribution in [0.1, 0.15) is 31.0 Å². The smallest absolute Gasteiger partial charge is 0.241 e. The van der Waals surface area contributed by atoms with Gasteiger partial charge in [0.2, 0.25) is 15.9 Å². The van der Waals surface area contributed by atoms with E-state index in [4.69, 9.17) is 32.7 Å². The predicted molar refractivity (Wildman–Crippen MR) is 138 cm³/mol. The van der Waals surface area contributed by atoms with E-state index in [-0.39, 0.29) is 9.92 Å². The Morgan fingerprint density at radius 3 is 2.60 bits per heavy atom. The summed E-state index contributed by atoms with van der Waals surface area (Å²) in [6.07, 6.45) is 2.24. The molecule has 1 saturated heterocycles. The molecule has 2 heterocycles. The molecule has 1 atom stereocenters. The fraction of sp³-hybridized carbons (Fsp3) is 0.320. The summed E-state index contributed by atoms with van der Waals surface area (Å²) in [7, 11) is -3.83. The number of sulfonamides is 1. The van der Waals surface area contributed by atoms with Crippen molar-refractivity contribution in [2.75, 3.05) is 31.2 Å². The molecule has 0 aliphatic carbocycles. The van der Waals surface area contributed by atoms with Gasteiger partial charge in [0.15, 0.2) is 0 Å². The number of pyridine rings is 1. The summed E-state index contributed by atoms with van der Waals surface area (Å²) in [6.45, 7) is 6.82. The number of morpholine rings is 1. The third-order valence-electron chi connectivity index (χ3n) is 5.81. The molecular weight excluding hydrogens is 509 g/mol. The number of anilines is 1. The third kappa shape index (κ3) is 6.08. The van der Waals surface area contributed by atoms with Gasteiger partial charge in [-0.2, -0.15) is 0 Å². The standard InChI is InChI=1S/C25H27Cl2N3O4S/c1-3-21-22(17(2)29-35(31,32)20-7-8-23(26)24(27)16-20)9-10-28-25(21)34-19-6-4-5-18(15-19)30-11-13-33-14-12-30/h4-10,15-17,29H,3,11-14H2,1-2H3. The third-order valence-corrected chi connectivity index (χ3v) is 8.09. The largest absolute Gasteiger partial charge is 0.439 e. The van der Waals surface area contributed by atoms with E-state index < -0.39 is 16.1 Å². The zero-order chi connectivity index (χ0) is 25.0. The van der Waals surface area contributed by atoms with E-state index in [1.54, 1.807) is 19.2 Å². The quantitative estimate of drug-likeness (QED) is 0.403. The van der Waals surface area contributed by atoms with Crippen molar-refractivity contribution in [3.05, 3.63) is 75.9 Å². The Balaban J connectivity index is 1.57. The zero-order valence-electron chi connectivity index (χ0n) is 19.5. The minimum Gasteiger partial charge on any atom is -0.439 e. The Morgan fingerprint density at radius 2 is 1.89 bits per heavy atom. The molecule has 1 fully saturated rings. The first-order chi connectivity index (χ1) is 16.8. The highest BCUT2D eigenvalue weighted by atomic mass is 35.5. The summed E-state index contributed by atoms with van der Waals surface area (Å²) in [4.78, 5) is 6.74. The lowest BCUT2D eigenvalue weighted by atomic mass is 10.0. The molecular formula is C25H27Cl2N3O4S. The van der Waals surface area contributed by atoms with Crippen LogP contribution in [0.15, 0.2) is 59.6 Å². The maximum absolute atomic E-state index is 13.0. The first kappa shape index (κ1) is 25.7. The van der Waals surface area contributed by atoms with E-state index in [1.165, 1.54) is 18.2 Å². The topological polar surface area (TPSA) is 80.8 Å². The molecule has 0 saturated carbocycles. The Bertz CT molecular complexity index is 1300. The molecule has 35 heavy (non-hydrogen) atoms. The van der Waals surface area contributed by atoms with Crippen molar-refractivity contribution in [2.45, 2.75) is 31.2 Å². The summed E-state index contributed by atoms with van der Waals surface area (Å²) in [5.41, 5.74) is 2.67.